The lowest BCUT2D eigenvalue weighted by Crippen LogP contribution is -2.70. The highest BCUT2D eigenvalue weighted by Crippen LogP contribution is 2.38. The van der Waals surface area contributed by atoms with Crippen LogP contribution in [0, 0.1) is 0 Å². The van der Waals surface area contributed by atoms with Crippen LogP contribution >= 0.6 is 7.82 Å². The molecule has 3 N–H and O–H groups in total. The molecule has 0 aliphatic rings. The summed E-state index contributed by atoms with van der Waals surface area (Å²) < 4.78 is 32.3. The lowest BCUT2D eigenvalue weighted by Gasteiger charge is -2.26. The number of carbonyl (C=O) groups excluding carboxylic acids is 3. The van der Waals surface area contributed by atoms with E-state index in [9.17, 15) is 28.9 Å². The normalized spacial score (nSPS) is 13.9. The highest BCUT2D eigenvalue weighted by atomic mass is 31.2. The molecule has 0 aromatic heterocycles. The number of hydrogen-bond acceptors (Lipinski definition) is 10. The molecule has 0 heterocycles. The van der Waals surface area contributed by atoms with Gasteiger partial charge in [-0.05, 0) is 38.5 Å². The smallest absolute Gasteiger partial charge is 0.306 e. The number of aliphatic carboxylic acids is 1. The van der Waals surface area contributed by atoms with Gasteiger partial charge in [0.15, 0.2) is 6.10 Å². The van der Waals surface area contributed by atoms with Crippen molar-refractivity contribution >= 4 is 25.7 Å². The summed E-state index contributed by atoms with van der Waals surface area (Å²) in [5.41, 5.74) is 3.24. The fraction of sp³-hybridized carbons (Fsp3) is 0.881. The molecule has 0 amide bonds. The first-order valence-electron chi connectivity index (χ1n) is 21.7. The fourth-order valence-corrected chi connectivity index (χ4v) is 6.85. The van der Waals surface area contributed by atoms with Crippen molar-refractivity contribution in [2.24, 2.45) is 0 Å². The van der Waals surface area contributed by atoms with Crippen molar-refractivity contribution in [1.29, 1.82) is 0 Å². The van der Waals surface area contributed by atoms with E-state index in [0.717, 1.165) is 57.8 Å². The summed E-state index contributed by atoms with van der Waals surface area (Å²) in [4.78, 5) is 48.0. The monoisotopic (exact) mass is 789 g/mol. The van der Waals surface area contributed by atoms with Crippen LogP contribution in [-0.4, -0.2) is 49.9 Å². The number of ether oxygens (including phenoxy) is 2. The van der Waals surface area contributed by atoms with Gasteiger partial charge in [-0.25, -0.2) is 0 Å². The predicted octanol–water partition coefficient (Wildman–Crippen LogP) is 8.60. The van der Waals surface area contributed by atoms with Crippen LogP contribution in [0.25, 0.3) is 0 Å². The molecule has 12 heteroatoms. The molecule has 0 aliphatic heterocycles. The molecule has 0 bridgehead atoms. The standard InChI is InChI=1S/C42H80NO10P/c1-3-5-7-9-11-13-15-17-19-21-23-25-27-29-31-33-40(44)50-35-38(36-51-54(48,49)52-37-39(43)42(46)47)53-41(45)34-32-30-28-26-24-22-20-18-16-14-12-10-8-6-4-2/h17,19,38-39H,3-16,18,20-37,43H2,1-2H3,(H,46,47)(H,48,49)/p-1/b19-17-/t38-,39+/m1/s1. The molecule has 0 saturated carbocycles. The maximum absolute atomic E-state index is 12.6. The zero-order chi connectivity index (χ0) is 40.0. The first kappa shape index (κ1) is 52.2. The van der Waals surface area contributed by atoms with Crippen LogP contribution < -0.4 is 15.7 Å². The summed E-state index contributed by atoms with van der Waals surface area (Å²) >= 11 is 0. The average Bonchev–Trinajstić information content (AvgIpc) is 3.14. The molecule has 318 valence electrons. The summed E-state index contributed by atoms with van der Waals surface area (Å²) in [5, 5.41) is 10.8. The average molecular weight is 789 g/mol. The van der Waals surface area contributed by atoms with E-state index in [2.05, 4.69) is 36.3 Å². The largest absolute Gasteiger partial charge is 0.756 e. The Bertz CT molecular complexity index is 979. The summed E-state index contributed by atoms with van der Waals surface area (Å²) in [6, 6.07) is -1.42. The Balaban J connectivity index is 4.35. The first-order valence-corrected chi connectivity index (χ1v) is 23.2. The Labute approximate surface area is 328 Å². The van der Waals surface area contributed by atoms with Crippen molar-refractivity contribution in [3.8, 4) is 0 Å². The Morgan fingerprint density at radius 1 is 0.556 bits per heavy atom. The van der Waals surface area contributed by atoms with Crippen LogP contribution in [0.4, 0.5) is 0 Å². The van der Waals surface area contributed by atoms with E-state index in [-0.39, 0.29) is 19.4 Å². The van der Waals surface area contributed by atoms with Crippen molar-refractivity contribution in [3.63, 3.8) is 0 Å². The van der Waals surface area contributed by atoms with Gasteiger partial charge in [-0.3, -0.25) is 14.2 Å². The van der Waals surface area contributed by atoms with Gasteiger partial charge in [0, 0.05) is 12.8 Å². The number of rotatable bonds is 41. The van der Waals surface area contributed by atoms with E-state index < -0.39 is 51.1 Å². The van der Waals surface area contributed by atoms with Gasteiger partial charge in [0.1, 0.15) is 25.2 Å². The van der Waals surface area contributed by atoms with Gasteiger partial charge in [0.2, 0.25) is 0 Å². The van der Waals surface area contributed by atoms with Gasteiger partial charge in [-0.2, -0.15) is 0 Å². The van der Waals surface area contributed by atoms with Crippen molar-refractivity contribution in [2.45, 2.75) is 219 Å². The number of carboxylic acid groups (broad SMARTS) is 1. The fourth-order valence-electron chi connectivity index (χ4n) is 6.06. The minimum Gasteiger partial charge on any atom is -0.756 e. The molecule has 0 spiro atoms. The molecule has 0 saturated heterocycles. The molecule has 1 unspecified atom stereocenters. The number of allylic oxidation sites excluding steroid dienone is 2. The van der Waals surface area contributed by atoms with E-state index in [1.807, 2.05) is 0 Å². The molecule has 0 radical (unpaired) electrons. The van der Waals surface area contributed by atoms with Gasteiger partial charge in [0.05, 0.1) is 6.61 Å². The Morgan fingerprint density at radius 2 is 0.926 bits per heavy atom. The predicted molar refractivity (Wildman–Crippen MR) is 211 cm³/mol. The van der Waals surface area contributed by atoms with Gasteiger partial charge in [-0.1, -0.05) is 167 Å². The Kier molecular flexibility index (Phi) is 36.9. The third-order valence-electron chi connectivity index (χ3n) is 9.54. The lowest BCUT2D eigenvalue weighted by molar-refractivity contribution is -0.441. The minimum atomic E-state index is -4.95. The summed E-state index contributed by atoms with van der Waals surface area (Å²) in [6.45, 7) is 2.71. The number of quaternary nitrogens is 1. The van der Waals surface area contributed by atoms with Crippen LogP contribution in [0.5, 0.6) is 0 Å². The third kappa shape index (κ3) is 37.2. The maximum Gasteiger partial charge on any atom is 0.306 e. The molecular weight excluding hydrogens is 709 g/mol. The number of phosphoric ester groups is 1. The van der Waals surface area contributed by atoms with Gasteiger partial charge in [-0.15, -0.1) is 0 Å². The highest BCUT2D eigenvalue weighted by molar-refractivity contribution is 7.45. The Morgan fingerprint density at radius 3 is 1.35 bits per heavy atom. The van der Waals surface area contributed by atoms with Crippen LogP contribution in [0.3, 0.4) is 0 Å². The van der Waals surface area contributed by atoms with Gasteiger partial charge < -0.3 is 39.0 Å². The van der Waals surface area contributed by atoms with Crippen LogP contribution in [-0.2, 0) is 37.5 Å². The van der Waals surface area contributed by atoms with Crippen LogP contribution in [0.15, 0.2) is 12.2 Å². The summed E-state index contributed by atoms with van der Waals surface area (Å²) in [7, 11) is -4.95. The summed E-state index contributed by atoms with van der Waals surface area (Å²) in [5.74, 6) is -2.58. The second-order valence-corrected chi connectivity index (χ2v) is 16.3. The molecule has 0 fully saturated rings. The van der Waals surface area contributed by atoms with Crippen molar-refractivity contribution in [1.82, 2.24) is 0 Å². The SMILES string of the molecule is CCCCCCCC/C=C\CCCCCCCC(=O)OC[C@H](COP(=O)([O-])OC[C@H]([NH3+])C(=O)[O-])OC(=O)CCCCCCCCCCCCCCCCC. The van der Waals surface area contributed by atoms with E-state index in [1.54, 1.807) is 0 Å². The topological polar surface area (TPSA) is 179 Å². The number of unbranched alkanes of at least 4 members (excludes halogenated alkanes) is 25. The number of hydrogen-bond donors (Lipinski definition) is 1. The molecule has 0 rings (SSSR count). The molecule has 0 aliphatic carbocycles. The number of carboxylic acids is 1. The van der Waals surface area contributed by atoms with Crippen molar-refractivity contribution in [2.75, 3.05) is 19.8 Å². The van der Waals surface area contributed by atoms with Gasteiger partial charge >= 0.3 is 11.9 Å². The molecule has 3 atom stereocenters. The zero-order valence-electron chi connectivity index (χ0n) is 34.4. The molecule has 54 heavy (non-hydrogen) atoms. The Hall–Kier alpha value is -1.78. The van der Waals surface area contributed by atoms with Crippen molar-refractivity contribution < 1.29 is 53.2 Å². The number of phosphoric acid groups is 1. The molecule has 0 aromatic carbocycles. The lowest BCUT2D eigenvalue weighted by atomic mass is 10.0. The number of carbonyl (C=O) groups is 3. The quantitative estimate of drug-likeness (QED) is 0.0273. The van der Waals surface area contributed by atoms with Crippen molar-refractivity contribution in [3.05, 3.63) is 12.2 Å². The third-order valence-corrected chi connectivity index (χ3v) is 10.5. The molecule has 11 nitrogen and oxygen atoms in total. The van der Waals surface area contributed by atoms with Gasteiger partial charge in [0.25, 0.3) is 7.82 Å². The molecular formula is C42H79NO10P-. The van der Waals surface area contributed by atoms with E-state index in [1.165, 1.54) is 109 Å². The maximum atomic E-state index is 12.6. The summed E-state index contributed by atoms with van der Waals surface area (Å²) in [6.07, 6.45) is 36.8. The van der Waals surface area contributed by atoms with Crippen LogP contribution in [0.2, 0.25) is 0 Å². The first-order chi connectivity index (χ1) is 26.1. The second-order valence-electron chi connectivity index (χ2n) is 14.9. The van der Waals surface area contributed by atoms with Crippen LogP contribution in [0.1, 0.15) is 206 Å². The van der Waals surface area contributed by atoms with E-state index in [0.29, 0.717) is 12.8 Å². The van der Waals surface area contributed by atoms with E-state index in [4.69, 9.17) is 14.0 Å². The van der Waals surface area contributed by atoms with E-state index >= 15 is 0 Å². The second kappa shape index (κ2) is 38.1. The highest BCUT2D eigenvalue weighted by Gasteiger charge is 2.22. The molecule has 0 aromatic rings. The zero-order valence-corrected chi connectivity index (χ0v) is 35.3. The number of esters is 2. The minimum absolute atomic E-state index is 0.151.